The van der Waals surface area contributed by atoms with Gasteiger partial charge in [0, 0.05) is 12.8 Å². The van der Waals surface area contributed by atoms with E-state index >= 15 is 0 Å². The first kappa shape index (κ1) is 12.4. The molecule has 2 heterocycles. The van der Waals surface area contributed by atoms with Gasteiger partial charge in [0.25, 0.3) is 0 Å². The second-order valence-corrected chi connectivity index (χ2v) is 5.53. The van der Waals surface area contributed by atoms with Crippen LogP contribution in [0.15, 0.2) is 24.3 Å². The molecular formula is C14H20O4. The highest BCUT2D eigenvalue weighted by Gasteiger charge is 2.49. The largest absolute Gasteiger partial charge is 0.343 e. The van der Waals surface area contributed by atoms with E-state index in [1.54, 1.807) is 0 Å². The first-order chi connectivity index (χ1) is 8.54. The van der Waals surface area contributed by atoms with E-state index in [9.17, 15) is 0 Å². The van der Waals surface area contributed by atoms with Gasteiger partial charge in [0.15, 0.2) is 12.6 Å². The molecule has 2 aliphatic heterocycles. The number of ether oxygens (including phenoxy) is 4. The lowest BCUT2D eigenvalue weighted by atomic mass is 9.90. The Hall–Kier alpha value is -0.680. The summed E-state index contributed by atoms with van der Waals surface area (Å²) in [4.78, 5) is 0. The van der Waals surface area contributed by atoms with Gasteiger partial charge in [0.1, 0.15) is 0 Å². The number of fused-ring (bicyclic) bond motifs is 2. The zero-order valence-corrected chi connectivity index (χ0v) is 10.9. The molecule has 0 aromatic rings. The lowest BCUT2D eigenvalue weighted by Gasteiger charge is -2.29. The van der Waals surface area contributed by atoms with Crippen molar-refractivity contribution < 1.29 is 18.9 Å². The van der Waals surface area contributed by atoms with Crippen molar-refractivity contribution in [2.24, 2.45) is 0 Å². The third-order valence-corrected chi connectivity index (χ3v) is 3.76. The van der Waals surface area contributed by atoms with Gasteiger partial charge in [0.05, 0.1) is 24.4 Å². The Balaban J connectivity index is 1.66. The summed E-state index contributed by atoms with van der Waals surface area (Å²) in [6.07, 6.45) is 1.50. The van der Waals surface area contributed by atoms with Crippen LogP contribution in [0, 0.1) is 0 Å². The molecule has 2 saturated heterocycles. The van der Waals surface area contributed by atoms with E-state index in [4.69, 9.17) is 18.9 Å². The molecule has 0 N–H and O–H groups in total. The zero-order valence-electron chi connectivity index (χ0n) is 10.9. The highest BCUT2D eigenvalue weighted by molar-refractivity contribution is 5.04. The summed E-state index contributed by atoms with van der Waals surface area (Å²) in [6.45, 7) is 11.6. The summed E-state index contributed by atoms with van der Waals surface area (Å²) >= 11 is 0. The third-order valence-electron chi connectivity index (χ3n) is 3.76. The fraction of sp³-hybridized carbons (Fsp3) is 0.714. The molecule has 0 aromatic carbocycles. The average molecular weight is 252 g/mol. The molecule has 1 aliphatic carbocycles. The molecule has 3 rings (SSSR count). The standard InChI is InChI=1S/C14H20O4/c1-7(2)13-15-9-5-11-12(6-10(9)16-13)18-14(17-11)8(3)4/h9-14H,1,3,5-6H2,2,4H3. The van der Waals surface area contributed by atoms with Gasteiger partial charge in [0.2, 0.25) is 0 Å². The van der Waals surface area contributed by atoms with Crippen molar-refractivity contribution in [3.05, 3.63) is 24.3 Å². The van der Waals surface area contributed by atoms with Crippen LogP contribution in [0.25, 0.3) is 0 Å². The van der Waals surface area contributed by atoms with Crippen LogP contribution in [0.3, 0.4) is 0 Å². The van der Waals surface area contributed by atoms with E-state index in [1.807, 2.05) is 13.8 Å². The predicted octanol–water partition coefficient (Wildman–Crippen LogP) is 2.15. The Morgan fingerprint density at radius 1 is 0.722 bits per heavy atom. The van der Waals surface area contributed by atoms with Crippen molar-refractivity contribution in [1.29, 1.82) is 0 Å². The SMILES string of the molecule is C=C(C)C1OC2CC3OC(C(=C)C)OC3CC2O1. The van der Waals surface area contributed by atoms with Gasteiger partial charge in [-0.05, 0) is 25.0 Å². The van der Waals surface area contributed by atoms with Crippen molar-refractivity contribution in [3.63, 3.8) is 0 Å². The van der Waals surface area contributed by atoms with Crippen molar-refractivity contribution in [2.45, 2.75) is 63.7 Å². The molecule has 0 amide bonds. The molecule has 100 valence electrons. The second-order valence-electron chi connectivity index (χ2n) is 5.53. The monoisotopic (exact) mass is 252 g/mol. The Morgan fingerprint density at radius 2 is 1.00 bits per heavy atom. The van der Waals surface area contributed by atoms with Gasteiger partial charge in [-0.1, -0.05) is 13.2 Å². The van der Waals surface area contributed by atoms with E-state index in [0.29, 0.717) is 0 Å². The summed E-state index contributed by atoms with van der Waals surface area (Å²) in [5.41, 5.74) is 1.83. The van der Waals surface area contributed by atoms with Gasteiger partial charge < -0.3 is 18.9 Å². The molecule has 0 aromatic heterocycles. The van der Waals surface area contributed by atoms with E-state index in [0.717, 1.165) is 24.0 Å². The molecule has 0 bridgehead atoms. The van der Waals surface area contributed by atoms with Crippen molar-refractivity contribution in [3.8, 4) is 0 Å². The summed E-state index contributed by atoms with van der Waals surface area (Å²) in [5, 5.41) is 0. The highest BCUT2D eigenvalue weighted by atomic mass is 16.8. The average Bonchev–Trinajstić information content (AvgIpc) is 2.87. The van der Waals surface area contributed by atoms with E-state index < -0.39 is 0 Å². The first-order valence-electron chi connectivity index (χ1n) is 6.47. The van der Waals surface area contributed by atoms with Gasteiger partial charge in [-0.15, -0.1) is 0 Å². The summed E-state index contributed by atoms with van der Waals surface area (Å²) in [5.74, 6) is 0. The summed E-state index contributed by atoms with van der Waals surface area (Å²) in [7, 11) is 0. The van der Waals surface area contributed by atoms with E-state index in [2.05, 4.69) is 13.2 Å². The molecule has 4 heteroatoms. The normalized spacial score (nSPS) is 46.6. The van der Waals surface area contributed by atoms with Gasteiger partial charge in [-0.25, -0.2) is 0 Å². The van der Waals surface area contributed by atoms with E-state index in [1.165, 1.54) is 0 Å². The minimum absolute atomic E-state index is 0.0976. The Kier molecular flexibility index (Phi) is 3.06. The maximum absolute atomic E-state index is 5.85. The van der Waals surface area contributed by atoms with Crippen LogP contribution in [0.1, 0.15) is 26.7 Å². The number of hydrogen-bond acceptors (Lipinski definition) is 4. The minimum atomic E-state index is -0.268. The molecule has 4 nitrogen and oxygen atoms in total. The fourth-order valence-corrected chi connectivity index (χ4v) is 2.80. The van der Waals surface area contributed by atoms with Gasteiger partial charge in [-0.3, -0.25) is 0 Å². The van der Waals surface area contributed by atoms with Gasteiger partial charge in [-0.2, -0.15) is 0 Å². The Bertz CT molecular complexity index is 322. The summed E-state index contributed by atoms with van der Waals surface area (Å²) < 4.78 is 23.4. The van der Waals surface area contributed by atoms with Crippen LogP contribution in [0.4, 0.5) is 0 Å². The van der Waals surface area contributed by atoms with E-state index in [-0.39, 0.29) is 37.0 Å². The zero-order chi connectivity index (χ0) is 12.9. The fourth-order valence-electron chi connectivity index (χ4n) is 2.80. The molecule has 3 fully saturated rings. The smallest absolute Gasteiger partial charge is 0.180 e. The van der Waals surface area contributed by atoms with Crippen LogP contribution < -0.4 is 0 Å². The van der Waals surface area contributed by atoms with Gasteiger partial charge >= 0.3 is 0 Å². The van der Waals surface area contributed by atoms with Crippen molar-refractivity contribution in [2.75, 3.05) is 0 Å². The maximum Gasteiger partial charge on any atom is 0.180 e. The third kappa shape index (κ3) is 2.03. The molecule has 0 spiro atoms. The van der Waals surface area contributed by atoms with Crippen LogP contribution in [-0.4, -0.2) is 37.0 Å². The molecule has 4 atom stereocenters. The maximum atomic E-state index is 5.85. The molecule has 4 unspecified atom stereocenters. The van der Waals surface area contributed by atoms with Crippen LogP contribution in [-0.2, 0) is 18.9 Å². The quantitative estimate of drug-likeness (QED) is 0.706. The second kappa shape index (κ2) is 4.46. The van der Waals surface area contributed by atoms with Crippen LogP contribution in [0.2, 0.25) is 0 Å². The molecule has 18 heavy (non-hydrogen) atoms. The van der Waals surface area contributed by atoms with Crippen molar-refractivity contribution in [1.82, 2.24) is 0 Å². The molecule has 0 radical (unpaired) electrons. The predicted molar refractivity (Wildman–Crippen MR) is 65.9 cm³/mol. The topological polar surface area (TPSA) is 36.9 Å². The number of hydrogen-bond donors (Lipinski definition) is 0. The minimum Gasteiger partial charge on any atom is -0.343 e. The van der Waals surface area contributed by atoms with Crippen LogP contribution >= 0.6 is 0 Å². The molecule has 1 saturated carbocycles. The number of rotatable bonds is 2. The first-order valence-corrected chi connectivity index (χ1v) is 6.47. The Morgan fingerprint density at radius 3 is 1.22 bits per heavy atom. The summed E-state index contributed by atoms with van der Waals surface area (Å²) in [6, 6.07) is 0. The lowest BCUT2D eigenvalue weighted by Crippen LogP contribution is -2.41. The lowest BCUT2D eigenvalue weighted by molar-refractivity contribution is -0.0583. The van der Waals surface area contributed by atoms with Crippen molar-refractivity contribution >= 4 is 0 Å². The van der Waals surface area contributed by atoms with Crippen LogP contribution in [0.5, 0.6) is 0 Å². The highest BCUT2D eigenvalue weighted by Crippen LogP contribution is 2.40. The Labute approximate surface area is 108 Å². The molecular weight excluding hydrogens is 232 g/mol. The molecule has 3 aliphatic rings.